The highest BCUT2D eigenvalue weighted by molar-refractivity contribution is 6.16. The van der Waals surface area contributed by atoms with Crippen LogP contribution in [0.1, 0.15) is 44.8 Å². The molecule has 0 amide bonds. The van der Waals surface area contributed by atoms with Gasteiger partial charge in [0.05, 0.1) is 5.88 Å². The van der Waals surface area contributed by atoms with Crippen molar-refractivity contribution in [3.63, 3.8) is 0 Å². The molecule has 90 valence electrons. The van der Waals surface area contributed by atoms with Crippen LogP contribution in [0.4, 0.5) is 0 Å². The minimum atomic E-state index is 0.463. The Bertz CT molecular complexity index is 342. The molecular formula is C12H20ClN3. The molecule has 0 bridgehead atoms. The SMILES string of the molecule is CC(C)Cn1c(CCl)nnc1CC1CCC1. The lowest BCUT2D eigenvalue weighted by atomic mass is 9.83. The molecule has 1 fully saturated rings. The number of rotatable bonds is 5. The first-order chi connectivity index (χ1) is 7.70. The maximum Gasteiger partial charge on any atom is 0.147 e. The van der Waals surface area contributed by atoms with E-state index in [4.69, 9.17) is 11.6 Å². The Kier molecular flexibility index (Phi) is 3.85. The van der Waals surface area contributed by atoms with Gasteiger partial charge in [-0.15, -0.1) is 21.8 Å². The van der Waals surface area contributed by atoms with Crippen LogP contribution in [-0.2, 0) is 18.8 Å². The second-order valence-corrected chi connectivity index (χ2v) is 5.44. The Labute approximate surface area is 102 Å². The third-order valence-electron chi connectivity index (χ3n) is 3.27. The molecular weight excluding hydrogens is 222 g/mol. The molecule has 4 heteroatoms. The second kappa shape index (κ2) is 5.17. The average molecular weight is 242 g/mol. The van der Waals surface area contributed by atoms with Crippen molar-refractivity contribution in [2.45, 2.75) is 52.0 Å². The van der Waals surface area contributed by atoms with Crippen molar-refractivity contribution in [2.75, 3.05) is 0 Å². The molecule has 1 aromatic heterocycles. The van der Waals surface area contributed by atoms with Gasteiger partial charge in [-0.1, -0.05) is 33.1 Å². The van der Waals surface area contributed by atoms with E-state index in [0.717, 1.165) is 30.5 Å². The molecule has 16 heavy (non-hydrogen) atoms. The number of aromatic nitrogens is 3. The molecule has 1 saturated carbocycles. The Morgan fingerprint density at radius 1 is 1.31 bits per heavy atom. The van der Waals surface area contributed by atoms with Crippen molar-refractivity contribution in [1.82, 2.24) is 14.8 Å². The minimum absolute atomic E-state index is 0.463. The summed E-state index contributed by atoms with van der Waals surface area (Å²) in [6.45, 7) is 5.41. The van der Waals surface area contributed by atoms with Crippen molar-refractivity contribution in [1.29, 1.82) is 0 Å². The third kappa shape index (κ3) is 2.57. The fourth-order valence-electron chi connectivity index (χ4n) is 2.15. The molecule has 0 aromatic carbocycles. The molecule has 0 aliphatic heterocycles. The standard InChI is InChI=1S/C12H20ClN3/c1-9(2)8-16-11(6-10-4-3-5-10)14-15-12(16)7-13/h9-10H,3-8H2,1-2H3. The zero-order valence-corrected chi connectivity index (χ0v) is 10.9. The Morgan fingerprint density at radius 2 is 2.00 bits per heavy atom. The summed E-state index contributed by atoms with van der Waals surface area (Å²) < 4.78 is 2.22. The molecule has 1 aromatic rings. The molecule has 2 rings (SSSR count). The van der Waals surface area contributed by atoms with Gasteiger partial charge in [-0.05, 0) is 11.8 Å². The van der Waals surface area contributed by atoms with Crippen LogP contribution in [0.5, 0.6) is 0 Å². The highest BCUT2D eigenvalue weighted by atomic mass is 35.5. The summed E-state index contributed by atoms with van der Waals surface area (Å²) in [5, 5.41) is 8.47. The van der Waals surface area contributed by atoms with Crippen molar-refractivity contribution in [2.24, 2.45) is 11.8 Å². The summed E-state index contributed by atoms with van der Waals surface area (Å²) in [6, 6.07) is 0. The van der Waals surface area contributed by atoms with Crippen LogP contribution in [0.15, 0.2) is 0 Å². The number of alkyl halides is 1. The predicted molar refractivity (Wildman–Crippen MR) is 65.5 cm³/mol. The Hall–Kier alpha value is -0.570. The number of halogens is 1. The van der Waals surface area contributed by atoms with E-state index in [2.05, 4.69) is 28.6 Å². The minimum Gasteiger partial charge on any atom is -0.314 e. The van der Waals surface area contributed by atoms with Gasteiger partial charge in [-0.2, -0.15) is 0 Å². The number of hydrogen-bond donors (Lipinski definition) is 0. The van der Waals surface area contributed by atoms with Gasteiger partial charge >= 0.3 is 0 Å². The maximum absolute atomic E-state index is 5.89. The molecule has 1 heterocycles. The summed E-state index contributed by atoms with van der Waals surface area (Å²) in [5.41, 5.74) is 0. The van der Waals surface area contributed by atoms with Gasteiger partial charge in [0.1, 0.15) is 11.6 Å². The van der Waals surface area contributed by atoms with Gasteiger partial charge in [0, 0.05) is 13.0 Å². The highest BCUT2D eigenvalue weighted by Gasteiger charge is 2.22. The molecule has 0 radical (unpaired) electrons. The molecule has 0 N–H and O–H groups in total. The summed E-state index contributed by atoms with van der Waals surface area (Å²) in [6.07, 6.45) is 5.16. The van der Waals surface area contributed by atoms with E-state index in [-0.39, 0.29) is 0 Å². The first-order valence-corrected chi connectivity index (χ1v) is 6.71. The molecule has 0 unspecified atom stereocenters. The molecule has 1 aliphatic carbocycles. The number of nitrogens with zero attached hydrogens (tertiary/aromatic N) is 3. The fourth-order valence-corrected chi connectivity index (χ4v) is 2.35. The van der Waals surface area contributed by atoms with E-state index < -0.39 is 0 Å². The quantitative estimate of drug-likeness (QED) is 0.742. The van der Waals surface area contributed by atoms with Crippen LogP contribution in [0.2, 0.25) is 0 Å². The van der Waals surface area contributed by atoms with Crippen LogP contribution in [-0.4, -0.2) is 14.8 Å². The fraction of sp³-hybridized carbons (Fsp3) is 0.833. The number of hydrogen-bond acceptors (Lipinski definition) is 2. The summed E-state index contributed by atoms with van der Waals surface area (Å²) in [7, 11) is 0. The zero-order valence-electron chi connectivity index (χ0n) is 10.1. The summed E-state index contributed by atoms with van der Waals surface area (Å²) in [4.78, 5) is 0. The lowest BCUT2D eigenvalue weighted by Crippen LogP contribution is -2.18. The lowest BCUT2D eigenvalue weighted by molar-refractivity contribution is 0.303. The van der Waals surface area contributed by atoms with Gasteiger partial charge in [0.2, 0.25) is 0 Å². The summed E-state index contributed by atoms with van der Waals surface area (Å²) in [5.74, 6) is 3.96. The van der Waals surface area contributed by atoms with Crippen molar-refractivity contribution in [3.05, 3.63) is 11.6 Å². The monoisotopic (exact) mass is 241 g/mol. The van der Waals surface area contributed by atoms with Crippen molar-refractivity contribution < 1.29 is 0 Å². The zero-order chi connectivity index (χ0) is 11.5. The van der Waals surface area contributed by atoms with E-state index in [1.54, 1.807) is 0 Å². The van der Waals surface area contributed by atoms with Crippen LogP contribution in [0.25, 0.3) is 0 Å². The van der Waals surface area contributed by atoms with Gasteiger partial charge in [-0.3, -0.25) is 0 Å². The second-order valence-electron chi connectivity index (χ2n) is 5.17. The van der Waals surface area contributed by atoms with E-state index in [9.17, 15) is 0 Å². The normalized spacial score (nSPS) is 16.8. The molecule has 0 spiro atoms. The highest BCUT2D eigenvalue weighted by Crippen LogP contribution is 2.29. The first kappa shape index (κ1) is 11.9. The average Bonchev–Trinajstić information content (AvgIpc) is 2.53. The molecule has 0 saturated heterocycles. The largest absolute Gasteiger partial charge is 0.314 e. The molecule has 0 atom stereocenters. The van der Waals surface area contributed by atoms with Crippen LogP contribution < -0.4 is 0 Å². The van der Waals surface area contributed by atoms with Crippen LogP contribution in [0.3, 0.4) is 0 Å². The lowest BCUT2D eigenvalue weighted by Gasteiger charge is -2.25. The third-order valence-corrected chi connectivity index (χ3v) is 3.51. The van der Waals surface area contributed by atoms with Crippen molar-refractivity contribution >= 4 is 11.6 Å². The van der Waals surface area contributed by atoms with E-state index in [1.807, 2.05) is 0 Å². The predicted octanol–water partition coefficient (Wildman–Crippen LogP) is 3.02. The van der Waals surface area contributed by atoms with Gasteiger partial charge in [-0.25, -0.2) is 0 Å². The smallest absolute Gasteiger partial charge is 0.147 e. The van der Waals surface area contributed by atoms with E-state index >= 15 is 0 Å². The molecule has 1 aliphatic rings. The first-order valence-electron chi connectivity index (χ1n) is 6.17. The van der Waals surface area contributed by atoms with E-state index in [0.29, 0.717) is 11.8 Å². The Balaban J connectivity index is 2.11. The summed E-state index contributed by atoms with van der Waals surface area (Å²) >= 11 is 5.89. The topological polar surface area (TPSA) is 30.7 Å². The van der Waals surface area contributed by atoms with Gasteiger partial charge < -0.3 is 4.57 Å². The van der Waals surface area contributed by atoms with E-state index in [1.165, 1.54) is 19.3 Å². The van der Waals surface area contributed by atoms with Crippen LogP contribution >= 0.6 is 11.6 Å². The molecule has 3 nitrogen and oxygen atoms in total. The van der Waals surface area contributed by atoms with Crippen LogP contribution in [0, 0.1) is 11.8 Å². The van der Waals surface area contributed by atoms with Gasteiger partial charge in [0.25, 0.3) is 0 Å². The Morgan fingerprint density at radius 3 is 2.50 bits per heavy atom. The maximum atomic E-state index is 5.89. The van der Waals surface area contributed by atoms with Crippen molar-refractivity contribution in [3.8, 4) is 0 Å². The van der Waals surface area contributed by atoms with Gasteiger partial charge in [0.15, 0.2) is 0 Å².